The predicted molar refractivity (Wildman–Crippen MR) is 68.8 cm³/mol. The Morgan fingerprint density at radius 3 is 2.59 bits per heavy atom. The van der Waals surface area contributed by atoms with E-state index in [2.05, 4.69) is 9.78 Å². The van der Waals surface area contributed by atoms with E-state index in [1.165, 1.54) is 62.6 Å². The van der Waals surface area contributed by atoms with Crippen LogP contribution in [-0.4, -0.2) is 9.78 Å². The number of nitrogens with two attached hydrogens (primary N) is 1. The molecule has 0 aliphatic heterocycles. The maximum absolute atomic E-state index is 6.17. The lowest BCUT2D eigenvalue weighted by atomic mass is 9.93. The molecule has 0 aromatic carbocycles. The summed E-state index contributed by atoms with van der Waals surface area (Å²) in [5, 5.41) is 4.65. The number of aromatic nitrogens is 2. The molecule has 1 unspecified atom stereocenters. The molecule has 3 nitrogen and oxygen atoms in total. The largest absolute Gasteiger partial charge is 0.324 e. The molecule has 0 spiro atoms. The fourth-order valence-electron chi connectivity index (χ4n) is 3.43. The Balaban J connectivity index is 1.87. The third kappa shape index (κ3) is 2.13. The van der Waals surface area contributed by atoms with Crippen LogP contribution >= 0.6 is 0 Å². The first-order chi connectivity index (χ1) is 8.36. The van der Waals surface area contributed by atoms with Gasteiger partial charge in [0.2, 0.25) is 0 Å². The highest BCUT2D eigenvalue weighted by Gasteiger charge is 2.25. The highest BCUT2D eigenvalue weighted by Crippen LogP contribution is 2.33. The van der Waals surface area contributed by atoms with Gasteiger partial charge in [-0.3, -0.25) is 4.68 Å². The minimum absolute atomic E-state index is 0.235. The van der Waals surface area contributed by atoms with E-state index >= 15 is 0 Å². The van der Waals surface area contributed by atoms with Crippen molar-refractivity contribution >= 4 is 0 Å². The summed E-state index contributed by atoms with van der Waals surface area (Å²) in [5.74, 6) is 0. The van der Waals surface area contributed by atoms with E-state index in [4.69, 9.17) is 5.73 Å². The van der Waals surface area contributed by atoms with Crippen LogP contribution in [-0.2, 0) is 6.42 Å². The number of fused-ring (bicyclic) bond motifs is 1. The molecule has 0 amide bonds. The molecule has 1 saturated carbocycles. The molecule has 0 bridgehead atoms. The highest BCUT2D eigenvalue weighted by molar-refractivity contribution is 5.24. The monoisotopic (exact) mass is 233 g/mol. The van der Waals surface area contributed by atoms with Crippen LogP contribution in [0.25, 0.3) is 0 Å². The average molecular weight is 233 g/mol. The van der Waals surface area contributed by atoms with Crippen LogP contribution in [0, 0.1) is 0 Å². The lowest BCUT2D eigenvalue weighted by Gasteiger charge is -2.23. The molecule has 0 radical (unpaired) electrons. The zero-order valence-electron chi connectivity index (χ0n) is 10.6. The standard InChI is InChI=1S/C14H23N3/c15-13-8-5-9-14-12(13)10-16-17(14)11-6-3-1-2-4-7-11/h10-11,13H,1-9,15H2. The second-order valence-corrected chi connectivity index (χ2v) is 5.64. The smallest absolute Gasteiger partial charge is 0.0540 e. The zero-order chi connectivity index (χ0) is 11.7. The second kappa shape index (κ2) is 4.81. The molecule has 2 N–H and O–H groups in total. The number of hydrogen-bond donors (Lipinski definition) is 1. The molecule has 1 aromatic heterocycles. The van der Waals surface area contributed by atoms with Gasteiger partial charge in [-0.2, -0.15) is 5.10 Å². The van der Waals surface area contributed by atoms with Crippen LogP contribution in [0.2, 0.25) is 0 Å². The van der Waals surface area contributed by atoms with Gasteiger partial charge in [-0.15, -0.1) is 0 Å². The molecule has 17 heavy (non-hydrogen) atoms. The van der Waals surface area contributed by atoms with Crippen molar-refractivity contribution in [1.29, 1.82) is 0 Å². The number of nitrogens with zero attached hydrogens (tertiary/aromatic N) is 2. The van der Waals surface area contributed by atoms with E-state index in [0.717, 1.165) is 6.42 Å². The normalized spacial score (nSPS) is 26.5. The Bertz CT molecular complexity index is 375. The van der Waals surface area contributed by atoms with Gasteiger partial charge in [0.15, 0.2) is 0 Å². The maximum Gasteiger partial charge on any atom is 0.0540 e. The molecule has 94 valence electrons. The van der Waals surface area contributed by atoms with Crippen molar-refractivity contribution in [2.24, 2.45) is 5.73 Å². The van der Waals surface area contributed by atoms with Crippen molar-refractivity contribution in [1.82, 2.24) is 9.78 Å². The summed E-state index contributed by atoms with van der Waals surface area (Å²) in [6.07, 6.45) is 13.7. The van der Waals surface area contributed by atoms with Gasteiger partial charge >= 0.3 is 0 Å². The van der Waals surface area contributed by atoms with Crippen LogP contribution in [0.3, 0.4) is 0 Å². The minimum atomic E-state index is 0.235. The Morgan fingerprint density at radius 1 is 1.06 bits per heavy atom. The molecular weight excluding hydrogens is 210 g/mol. The first-order valence-electron chi connectivity index (χ1n) is 7.18. The Morgan fingerprint density at radius 2 is 1.82 bits per heavy atom. The van der Waals surface area contributed by atoms with Crippen LogP contribution in [0.4, 0.5) is 0 Å². The summed E-state index contributed by atoms with van der Waals surface area (Å²) < 4.78 is 2.32. The molecule has 1 heterocycles. The molecule has 3 heteroatoms. The van der Waals surface area contributed by atoms with Crippen LogP contribution in [0.5, 0.6) is 0 Å². The summed E-state index contributed by atoms with van der Waals surface area (Å²) in [6.45, 7) is 0. The Labute approximate surface area is 103 Å². The van der Waals surface area contributed by atoms with Gasteiger partial charge in [-0.1, -0.05) is 25.7 Å². The molecule has 3 rings (SSSR count). The maximum atomic E-state index is 6.17. The van der Waals surface area contributed by atoms with Crippen molar-refractivity contribution in [3.8, 4) is 0 Å². The minimum Gasteiger partial charge on any atom is -0.324 e. The van der Waals surface area contributed by atoms with Crippen LogP contribution in [0.1, 0.15) is 74.7 Å². The molecule has 1 aromatic rings. The van der Waals surface area contributed by atoms with Gasteiger partial charge in [0.25, 0.3) is 0 Å². The first kappa shape index (κ1) is 11.3. The zero-order valence-corrected chi connectivity index (χ0v) is 10.6. The summed E-state index contributed by atoms with van der Waals surface area (Å²) in [6, 6.07) is 0.879. The fraction of sp³-hybridized carbons (Fsp3) is 0.786. The van der Waals surface area contributed by atoms with Gasteiger partial charge in [0.05, 0.1) is 12.2 Å². The third-order valence-electron chi connectivity index (χ3n) is 4.43. The third-order valence-corrected chi connectivity index (χ3v) is 4.43. The summed E-state index contributed by atoms with van der Waals surface area (Å²) in [7, 11) is 0. The molecule has 1 fully saturated rings. The Hall–Kier alpha value is -0.830. The van der Waals surface area contributed by atoms with Gasteiger partial charge < -0.3 is 5.73 Å². The lowest BCUT2D eigenvalue weighted by Crippen LogP contribution is -2.20. The van der Waals surface area contributed by atoms with Crippen LogP contribution < -0.4 is 5.73 Å². The SMILES string of the molecule is NC1CCCc2c1cnn2C1CCCCCC1. The average Bonchev–Trinajstić information content (AvgIpc) is 2.59. The topological polar surface area (TPSA) is 43.8 Å². The van der Waals surface area contributed by atoms with E-state index < -0.39 is 0 Å². The molecule has 2 aliphatic rings. The molecule has 2 aliphatic carbocycles. The van der Waals surface area contributed by atoms with Crippen molar-refractivity contribution < 1.29 is 0 Å². The van der Waals surface area contributed by atoms with E-state index in [-0.39, 0.29) is 6.04 Å². The van der Waals surface area contributed by atoms with E-state index in [1.54, 1.807) is 0 Å². The quantitative estimate of drug-likeness (QED) is 0.757. The van der Waals surface area contributed by atoms with E-state index in [0.29, 0.717) is 6.04 Å². The van der Waals surface area contributed by atoms with Gasteiger partial charge in [0.1, 0.15) is 0 Å². The summed E-state index contributed by atoms with van der Waals surface area (Å²) in [5.41, 5.74) is 8.93. The van der Waals surface area contributed by atoms with Crippen molar-refractivity contribution in [3.63, 3.8) is 0 Å². The highest BCUT2D eigenvalue weighted by atomic mass is 15.3. The van der Waals surface area contributed by atoms with Crippen molar-refractivity contribution in [3.05, 3.63) is 17.5 Å². The van der Waals surface area contributed by atoms with E-state index in [9.17, 15) is 0 Å². The second-order valence-electron chi connectivity index (χ2n) is 5.64. The van der Waals surface area contributed by atoms with Crippen LogP contribution in [0.15, 0.2) is 6.20 Å². The van der Waals surface area contributed by atoms with E-state index in [1.807, 2.05) is 6.20 Å². The summed E-state index contributed by atoms with van der Waals surface area (Å²) >= 11 is 0. The molecule has 0 saturated heterocycles. The predicted octanol–water partition coefficient (Wildman–Crippen LogP) is 3.11. The van der Waals surface area contributed by atoms with Crippen molar-refractivity contribution in [2.45, 2.75) is 69.9 Å². The van der Waals surface area contributed by atoms with Gasteiger partial charge in [-0.25, -0.2) is 0 Å². The summed E-state index contributed by atoms with van der Waals surface area (Å²) in [4.78, 5) is 0. The first-order valence-corrected chi connectivity index (χ1v) is 7.18. The molecule has 1 atom stereocenters. The van der Waals surface area contributed by atoms with Gasteiger partial charge in [-0.05, 0) is 32.1 Å². The lowest BCUT2D eigenvalue weighted by molar-refractivity contribution is 0.385. The van der Waals surface area contributed by atoms with Crippen molar-refractivity contribution in [2.75, 3.05) is 0 Å². The molecular formula is C14H23N3. The van der Waals surface area contributed by atoms with Gasteiger partial charge in [0, 0.05) is 17.3 Å². The fourth-order valence-corrected chi connectivity index (χ4v) is 3.43. The number of rotatable bonds is 1. The Kier molecular flexibility index (Phi) is 3.19. The number of hydrogen-bond acceptors (Lipinski definition) is 2.